The van der Waals surface area contributed by atoms with Gasteiger partial charge in [0.15, 0.2) is 0 Å². The van der Waals surface area contributed by atoms with Gasteiger partial charge in [-0.15, -0.1) is 0 Å². The first-order chi connectivity index (χ1) is 25.9. The van der Waals surface area contributed by atoms with Crippen LogP contribution in [0.1, 0.15) is 0 Å². The van der Waals surface area contributed by atoms with Crippen LogP contribution in [0.5, 0.6) is 0 Å². The predicted molar refractivity (Wildman–Crippen MR) is 209 cm³/mol. The summed E-state index contributed by atoms with van der Waals surface area (Å²) in [6, 6.07) is 38.9. The molecule has 0 atom stereocenters. The normalized spacial score (nSPS) is 11.9. The van der Waals surface area contributed by atoms with E-state index >= 15 is 0 Å². The first-order valence-corrected chi connectivity index (χ1v) is 20.5. The molecule has 289 valence electrons. The fraction of sp³-hybridized carbons (Fsp3) is 0.103. The van der Waals surface area contributed by atoms with E-state index < -0.39 is 7.81 Å². The van der Waals surface area contributed by atoms with Crippen LogP contribution in [0, 0.1) is 0 Å². The van der Waals surface area contributed by atoms with Gasteiger partial charge < -0.3 is 9.80 Å². The van der Waals surface area contributed by atoms with Gasteiger partial charge in [-0.2, -0.15) is 0 Å². The summed E-state index contributed by atoms with van der Waals surface area (Å²) in [5.41, 5.74) is 9.66. The van der Waals surface area contributed by atoms with E-state index in [1.165, 1.54) is 10.8 Å². The van der Waals surface area contributed by atoms with E-state index in [0.29, 0.717) is 0 Å². The third kappa shape index (κ3) is 14.3. The van der Waals surface area contributed by atoms with Crippen LogP contribution in [0.25, 0.3) is 56.1 Å². The largest absolute Gasteiger partial charge is 0.255 e. The van der Waals surface area contributed by atoms with E-state index in [1.807, 2.05) is 119 Å². The van der Waals surface area contributed by atoms with Gasteiger partial charge in [-0.05, 0) is 88.6 Å². The summed E-state index contributed by atoms with van der Waals surface area (Å²) in [6.45, 7) is 0. The minimum atomic E-state index is -10.7. The number of aromatic nitrogens is 5. The maximum absolute atomic E-state index is 10.7. The molecule has 0 radical (unpaired) electrons. The predicted octanol–water partition coefficient (Wildman–Crippen LogP) is 12.4. The SMILES string of the molecule is CN(C)c1ccnc(-c2cc(N(C)C)ccn2)c1.F[P-](F)(F)(F)(F)F.[Cl][Ru].c1ccc(-c2cc(-c3ccc4ccccc4c3)cc(-c3ccccn3)n2)nc1. The van der Waals surface area contributed by atoms with Crippen molar-refractivity contribution in [3.63, 3.8) is 0 Å². The second-order valence-electron chi connectivity index (χ2n) is 12.2. The number of benzene rings is 2. The van der Waals surface area contributed by atoms with Gasteiger partial charge in [0.25, 0.3) is 0 Å². The molecular weight excluding hydrogens is 848 g/mol. The molecule has 16 heteroatoms. The molecule has 0 saturated carbocycles. The van der Waals surface area contributed by atoms with E-state index in [1.54, 1.807) is 12.4 Å². The molecule has 7 aromatic rings. The Balaban J connectivity index is 0.000000214. The second-order valence-corrected chi connectivity index (χ2v) is 14.1. The summed E-state index contributed by atoms with van der Waals surface area (Å²) in [5.74, 6) is 0. The molecule has 0 saturated heterocycles. The standard InChI is InChI=1S/C25H17N3.C14H18N4.ClH.F6P.Ru/c1-2-8-19-15-20(12-11-18(19)7-1)21-16-24(22-9-3-5-13-26-22)28-25(17-21)23-10-4-6-14-27-23;1-17(2)11-5-7-15-13(9-11)14-10-12(18(3)4)6-8-16-14;;1-7(2,3,4,5)6;/h1-17H;5-10H,1-4H3;1H;;/q;;;-1;+1/p-1. The van der Waals surface area contributed by atoms with Crippen molar-refractivity contribution >= 4 is 39.6 Å². The molecule has 0 bridgehead atoms. The third-order valence-electron chi connectivity index (χ3n) is 7.55. The van der Waals surface area contributed by atoms with Crippen LogP contribution >= 0.6 is 17.5 Å². The fourth-order valence-electron chi connectivity index (χ4n) is 5.03. The van der Waals surface area contributed by atoms with Gasteiger partial charge in [0.2, 0.25) is 0 Å². The Hall–Kier alpha value is -5.03. The van der Waals surface area contributed by atoms with Gasteiger partial charge in [0.05, 0.1) is 34.2 Å². The van der Waals surface area contributed by atoms with Gasteiger partial charge in [0.1, 0.15) is 0 Å². The molecule has 0 aliphatic heterocycles. The van der Waals surface area contributed by atoms with Gasteiger partial charge in [-0.1, -0.05) is 48.5 Å². The average Bonchev–Trinajstić information content (AvgIpc) is 3.18. The van der Waals surface area contributed by atoms with Crippen LogP contribution < -0.4 is 9.80 Å². The van der Waals surface area contributed by atoms with Crippen LogP contribution in [-0.4, -0.2) is 53.1 Å². The first kappa shape index (κ1) is 42.7. The van der Waals surface area contributed by atoms with Crippen molar-refractivity contribution in [3.05, 3.63) is 140 Å². The molecule has 7 rings (SSSR count). The number of rotatable bonds is 6. The van der Waals surface area contributed by atoms with E-state index in [2.05, 4.69) is 94.0 Å². The Morgan fingerprint density at radius 1 is 0.436 bits per heavy atom. The van der Waals surface area contributed by atoms with Crippen LogP contribution in [0.4, 0.5) is 36.6 Å². The third-order valence-corrected chi connectivity index (χ3v) is 7.55. The van der Waals surface area contributed by atoms with Crippen molar-refractivity contribution in [3.8, 4) is 45.3 Å². The van der Waals surface area contributed by atoms with Crippen molar-refractivity contribution in [1.82, 2.24) is 24.9 Å². The Kier molecular flexibility index (Phi) is 13.7. The van der Waals surface area contributed by atoms with Gasteiger partial charge in [-0.25, -0.2) is 4.98 Å². The fourth-order valence-corrected chi connectivity index (χ4v) is 5.03. The number of pyridine rings is 5. The molecule has 0 amide bonds. The summed E-state index contributed by atoms with van der Waals surface area (Å²) in [5, 5.41) is 2.45. The zero-order chi connectivity index (χ0) is 40.3. The number of fused-ring (bicyclic) bond motifs is 1. The molecule has 2 aromatic carbocycles. The van der Waals surface area contributed by atoms with E-state index in [9.17, 15) is 25.2 Å². The van der Waals surface area contributed by atoms with Crippen LogP contribution in [-0.2, 0) is 17.3 Å². The Labute approximate surface area is 329 Å². The van der Waals surface area contributed by atoms with Crippen molar-refractivity contribution in [2.75, 3.05) is 38.0 Å². The minimum Gasteiger partial charge on any atom is -0.255 e. The molecule has 0 aliphatic carbocycles. The quantitative estimate of drug-likeness (QED) is 0.0936. The monoisotopic (exact) mass is 883 g/mol. The topological polar surface area (TPSA) is 70.9 Å². The molecule has 5 aromatic heterocycles. The van der Waals surface area contributed by atoms with Gasteiger partial charge >= 0.3 is 60.0 Å². The molecule has 0 N–H and O–H groups in total. The minimum absolute atomic E-state index is 0.840. The summed E-state index contributed by atoms with van der Waals surface area (Å²) >= 11 is 1.82. The van der Waals surface area contributed by atoms with E-state index in [-0.39, 0.29) is 0 Å². The second kappa shape index (κ2) is 17.6. The van der Waals surface area contributed by atoms with E-state index in [0.717, 1.165) is 56.7 Å². The summed E-state index contributed by atoms with van der Waals surface area (Å²) in [4.78, 5) is 26.7. The Bertz CT molecular complexity index is 2200. The molecule has 55 heavy (non-hydrogen) atoms. The molecule has 0 aliphatic rings. The van der Waals surface area contributed by atoms with Crippen LogP contribution in [0.15, 0.2) is 140 Å². The number of anilines is 2. The van der Waals surface area contributed by atoms with Crippen molar-refractivity contribution in [2.24, 2.45) is 0 Å². The zero-order valence-corrected chi connectivity index (χ0v) is 33.2. The molecule has 7 nitrogen and oxygen atoms in total. The summed E-state index contributed by atoms with van der Waals surface area (Å²) in [6.07, 6.45) is 7.21. The molecule has 0 fully saturated rings. The maximum atomic E-state index is 9.87. The number of hydrogen-bond donors (Lipinski definition) is 0. The van der Waals surface area contributed by atoms with Crippen molar-refractivity contribution in [2.45, 2.75) is 0 Å². The van der Waals surface area contributed by atoms with Crippen LogP contribution in [0.2, 0.25) is 0 Å². The number of hydrogen-bond acceptors (Lipinski definition) is 7. The van der Waals surface area contributed by atoms with E-state index in [4.69, 9.17) is 4.98 Å². The zero-order valence-electron chi connectivity index (χ0n) is 29.9. The molecule has 5 heterocycles. The van der Waals surface area contributed by atoms with Crippen molar-refractivity contribution < 1.29 is 42.5 Å². The van der Waals surface area contributed by atoms with Gasteiger partial charge in [-0.3, -0.25) is 19.9 Å². The van der Waals surface area contributed by atoms with Crippen LogP contribution in [0.3, 0.4) is 0 Å². The summed E-state index contributed by atoms with van der Waals surface area (Å²) < 4.78 is 59.2. The first-order valence-electron chi connectivity index (χ1n) is 16.2. The maximum Gasteiger partial charge on any atom is 0.0900 e. The smallest absolute Gasteiger partial charge is 0.0900 e. The number of nitrogens with zero attached hydrogens (tertiary/aromatic N) is 7. The summed E-state index contributed by atoms with van der Waals surface area (Å²) in [7, 11) is 1.98. The average molecular weight is 883 g/mol. The Morgan fingerprint density at radius 2 is 0.855 bits per heavy atom. The molecular formula is C39H35ClF6N7PRu-. The van der Waals surface area contributed by atoms with Gasteiger partial charge in [0, 0.05) is 64.4 Å². The molecule has 0 unspecified atom stereocenters. The van der Waals surface area contributed by atoms with Crippen molar-refractivity contribution in [1.29, 1.82) is 0 Å². The molecule has 0 spiro atoms. The number of halogens is 7. The Morgan fingerprint density at radius 3 is 1.27 bits per heavy atom.